The van der Waals surface area contributed by atoms with Crippen molar-refractivity contribution in [1.29, 1.82) is 0 Å². The van der Waals surface area contributed by atoms with Crippen LogP contribution in [0.5, 0.6) is 0 Å². The Kier molecular flexibility index (Phi) is 24.9. The first-order chi connectivity index (χ1) is 23.4. The van der Waals surface area contributed by atoms with Crippen LogP contribution in [0.4, 0.5) is 0 Å². The van der Waals surface area contributed by atoms with Gasteiger partial charge in [-0.1, -0.05) is 0 Å². The van der Waals surface area contributed by atoms with Crippen LogP contribution in [0, 0.1) is 0 Å². The van der Waals surface area contributed by atoms with Gasteiger partial charge in [-0.2, -0.15) is 0 Å². The van der Waals surface area contributed by atoms with E-state index in [4.69, 9.17) is 0 Å². The molecule has 0 saturated heterocycles. The van der Waals surface area contributed by atoms with E-state index < -0.39 is 36.8 Å². The summed E-state index contributed by atoms with van der Waals surface area (Å²) in [4.78, 5) is 2.00. The van der Waals surface area contributed by atoms with E-state index in [-0.39, 0.29) is 0 Å². The molecule has 2 unspecified atom stereocenters. The van der Waals surface area contributed by atoms with Gasteiger partial charge in [0.05, 0.1) is 0 Å². The average Bonchev–Trinajstić information content (AvgIpc) is 3.73. The number of rotatable bonds is 31. The van der Waals surface area contributed by atoms with E-state index in [2.05, 4.69) is 98.9 Å². The predicted molar refractivity (Wildman–Crippen MR) is 233 cm³/mol. The Morgan fingerprint density at radius 2 is 1.00 bits per heavy atom. The first-order valence-electron chi connectivity index (χ1n) is 21.9. The Hall–Kier alpha value is 1.39. The van der Waals surface area contributed by atoms with Crippen molar-refractivity contribution in [2.45, 2.75) is 232 Å². The summed E-state index contributed by atoms with van der Waals surface area (Å²) in [6, 6.07) is 0. The number of unbranched alkanes of at least 4 members (excludes halogenated alkanes) is 12. The summed E-state index contributed by atoms with van der Waals surface area (Å²) in [5.41, 5.74) is 1.90. The summed E-state index contributed by atoms with van der Waals surface area (Å²) in [7, 11) is 0. The van der Waals surface area contributed by atoms with E-state index >= 15 is 0 Å². The summed E-state index contributed by atoms with van der Waals surface area (Å²) < 4.78 is 12.5. The van der Waals surface area contributed by atoms with Crippen LogP contribution in [0.1, 0.15) is 206 Å². The Labute approximate surface area is 319 Å². The van der Waals surface area contributed by atoms with Crippen LogP contribution in [0.2, 0.25) is 30.1 Å². The van der Waals surface area contributed by atoms with Gasteiger partial charge in [0.15, 0.2) is 0 Å². The fourth-order valence-electron chi connectivity index (χ4n) is 9.57. The second-order valence-corrected chi connectivity index (χ2v) is 45.4. The van der Waals surface area contributed by atoms with Crippen LogP contribution >= 0.6 is 23.1 Å². The predicted octanol–water partition coefficient (Wildman–Crippen LogP) is 16.8. The average molecular weight is 915 g/mol. The number of hydrogen-bond donors (Lipinski definition) is 0. The summed E-state index contributed by atoms with van der Waals surface area (Å²) in [5.74, 6) is 0. The maximum absolute atomic E-state index is 2.98. The molecule has 0 N–H and O–H groups in total. The van der Waals surface area contributed by atoms with Gasteiger partial charge in [-0.25, -0.2) is 0 Å². The van der Waals surface area contributed by atoms with Crippen LogP contribution < -0.4 is 3.58 Å². The van der Waals surface area contributed by atoms with Crippen molar-refractivity contribution in [2.75, 3.05) is 0 Å². The third-order valence-corrected chi connectivity index (χ3v) is 50.9. The first kappa shape index (κ1) is 45.5. The second-order valence-electron chi connectivity index (χ2n) is 16.2. The third-order valence-electron chi connectivity index (χ3n) is 12.5. The monoisotopic (exact) mass is 916 g/mol. The van der Waals surface area contributed by atoms with Crippen LogP contribution in [-0.4, -0.2) is 36.8 Å². The zero-order valence-electron chi connectivity index (χ0n) is 33.9. The van der Waals surface area contributed by atoms with E-state index in [0.717, 1.165) is 5.25 Å². The van der Waals surface area contributed by atoms with Gasteiger partial charge in [0.25, 0.3) is 0 Å². The van der Waals surface area contributed by atoms with Gasteiger partial charge in [-0.05, 0) is 0 Å². The van der Waals surface area contributed by atoms with Crippen molar-refractivity contribution in [3.63, 3.8) is 0 Å². The topological polar surface area (TPSA) is 0 Å². The number of aryl methyl sites for hydroxylation is 1. The summed E-state index contributed by atoms with van der Waals surface area (Å²) in [6.07, 6.45) is 34.4. The zero-order chi connectivity index (χ0) is 35.1. The van der Waals surface area contributed by atoms with Gasteiger partial charge < -0.3 is 0 Å². The number of allylic oxidation sites excluding steroid dienone is 1. The fraction of sp³-hybridized carbons (Fsp3) is 0.864. The van der Waals surface area contributed by atoms with E-state index in [9.17, 15) is 0 Å². The van der Waals surface area contributed by atoms with Crippen LogP contribution in [0.3, 0.4) is 0 Å². The van der Waals surface area contributed by atoms with Gasteiger partial charge >= 0.3 is 323 Å². The molecule has 0 amide bonds. The Bertz CT molecular complexity index is 924. The molecule has 0 fully saturated rings. The quantitative estimate of drug-likeness (QED) is 0.0528. The van der Waals surface area contributed by atoms with Crippen molar-refractivity contribution < 1.29 is 0 Å². The number of thiophene rings is 1. The molecule has 0 saturated carbocycles. The van der Waals surface area contributed by atoms with Crippen molar-refractivity contribution in [3.05, 3.63) is 27.3 Å². The van der Waals surface area contributed by atoms with E-state index in [1.165, 1.54) is 141 Å². The molecule has 48 heavy (non-hydrogen) atoms. The molecule has 0 radical (unpaired) electrons. The molecule has 2 atom stereocenters. The molecule has 2 rings (SSSR count). The zero-order valence-corrected chi connectivity index (χ0v) is 41.3. The molecule has 1 aromatic heterocycles. The Balaban J connectivity index is 2.92. The normalized spacial score (nSPS) is 18.4. The number of hydrogen-bond acceptors (Lipinski definition) is 2. The fourth-order valence-corrected chi connectivity index (χ4v) is 55.3. The molecule has 1 aliphatic rings. The van der Waals surface area contributed by atoms with E-state index in [0.29, 0.717) is 3.43 Å². The van der Waals surface area contributed by atoms with Crippen LogP contribution in [0.25, 0.3) is 0 Å². The van der Waals surface area contributed by atoms with Crippen molar-refractivity contribution in [1.82, 2.24) is 0 Å². The van der Waals surface area contributed by atoms with Gasteiger partial charge in [-0.15, -0.1) is 0 Å². The molecule has 2 heterocycles. The summed E-state index contributed by atoms with van der Waals surface area (Å²) in [5, 5.41) is 6.26. The SMILES string of the molecule is CCCCCCc1csc(C2SC=C[C]2(CCCCCC)[Sn]([CH2]CCC)([CH2]CCC)[CH2]CCC)[c]1[Sn]([CH2]CCC)([CH2]CCC)[CH2]CCC. The summed E-state index contributed by atoms with van der Waals surface area (Å²) >= 11 is -0.726. The molecule has 1 aliphatic heterocycles. The van der Waals surface area contributed by atoms with Crippen LogP contribution in [-0.2, 0) is 6.42 Å². The Morgan fingerprint density at radius 1 is 0.542 bits per heavy atom. The summed E-state index contributed by atoms with van der Waals surface area (Å²) in [6.45, 7) is 19.7. The molecule has 1 aromatic rings. The molecule has 280 valence electrons. The third kappa shape index (κ3) is 12.8. The van der Waals surface area contributed by atoms with Crippen LogP contribution in [0.15, 0.2) is 16.9 Å². The van der Waals surface area contributed by atoms with Gasteiger partial charge in [0.1, 0.15) is 0 Å². The molecule has 0 aliphatic carbocycles. The molecule has 0 bridgehead atoms. The van der Waals surface area contributed by atoms with Gasteiger partial charge in [0, 0.05) is 0 Å². The Morgan fingerprint density at radius 3 is 1.48 bits per heavy atom. The maximum atomic E-state index is 2.98. The van der Waals surface area contributed by atoms with Gasteiger partial charge in [0.2, 0.25) is 0 Å². The van der Waals surface area contributed by atoms with Crippen molar-refractivity contribution >= 4 is 63.4 Å². The van der Waals surface area contributed by atoms with Crippen molar-refractivity contribution in [3.8, 4) is 0 Å². The minimum absolute atomic E-state index is 0.517. The van der Waals surface area contributed by atoms with Crippen molar-refractivity contribution in [2.24, 2.45) is 0 Å². The molecular weight excluding hydrogens is 830 g/mol. The number of thioether (sulfide) groups is 1. The minimum atomic E-state index is -2.71. The first-order valence-corrected chi connectivity index (χ1v) is 38.7. The standard InChI is InChI=1S/C20H30S2.6C4H9.2Sn/c1-3-5-7-9-11-17-15-19(22-16-17)20-18(13-14-21-20)12-10-8-6-4-2;6*1-3-4-2;;/h13-14,16,20H,3-12H2,1-2H3;6*1,3-4H2,2H3;;. The molecular formula is C44H84S2Sn2. The second kappa shape index (κ2) is 26.2. The molecule has 0 spiro atoms. The van der Waals surface area contributed by atoms with Gasteiger partial charge in [-0.3, -0.25) is 0 Å². The van der Waals surface area contributed by atoms with E-state index in [1.807, 2.05) is 10.4 Å². The molecule has 0 aromatic carbocycles. The molecule has 0 nitrogen and oxygen atoms in total. The van der Waals surface area contributed by atoms with E-state index in [1.54, 1.807) is 26.6 Å². The molecule has 4 heteroatoms.